The lowest BCUT2D eigenvalue weighted by atomic mass is 10.1. The number of nitrogens with zero attached hydrogens (tertiary/aromatic N) is 1. The molecule has 0 bridgehead atoms. The number of anilines is 1. The number of rotatable bonds is 4. The number of aryl methyl sites for hydroxylation is 1. The van der Waals surface area contributed by atoms with Gasteiger partial charge in [0.15, 0.2) is 0 Å². The summed E-state index contributed by atoms with van der Waals surface area (Å²) in [6.07, 6.45) is 1.13. The summed E-state index contributed by atoms with van der Waals surface area (Å²) in [5, 5.41) is 3.17. The molecule has 1 amide bonds. The Morgan fingerprint density at radius 2 is 1.85 bits per heavy atom. The molecule has 3 rings (SSSR count). The molecule has 0 atom stereocenters. The molecule has 1 aromatic heterocycles. The van der Waals surface area contributed by atoms with E-state index in [2.05, 4.69) is 10.3 Å². The second-order valence-electron chi connectivity index (χ2n) is 6.19. The van der Waals surface area contributed by atoms with E-state index in [4.69, 9.17) is 11.6 Å². The zero-order valence-electron chi connectivity index (χ0n) is 14.9. The summed E-state index contributed by atoms with van der Waals surface area (Å²) in [6, 6.07) is 12.4. The highest BCUT2D eigenvalue weighted by Crippen LogP contribution is 2.18. The van der Waals surface area contributed by atoms with Crippen LogP contribution in [0.2, 0.25) is 5.02 Å². The van der Waals surface area contributed by atoms with Gasteiger partial charge in [-0.1, -0.05) is 41.9 Å². The first kappa shape index (κ1) is 18.7. The maximum atomic E-state index is 12.7. The van der Waals surface area contributed by atoms with Gasteiger partial charge in [-0.3, -0.25) is 14.2 Å². The predicted octanol–water partition coefficient (Wildman–Crippen LogP) is 3.11. The summed E-state index contributed by atoms with van der Waals surface area (Å²) in [5.74, 6) is -0.585. The van der Waals surface area contributed by atoms with E-state index in [1.807, 2.05) is 26.0 Å². The average molecular weight is 384 g/mol. The minimum atomic E-state index is -0.679. The van der Waals surface area contributed by atoms with Gasteiger partial charge in [0.05, 0.1) is 6.54 Å². The molecule has 1 heterocycles. The van der Waals surface area contributed by atoms with Crippen LogP contribution >= 0.6 is 11.6 Å². The molecule has 0 aliphatic rings. The lowest BCUT2D eigenvalue weighted by molar-refractivity contribution is 0.102. The van der Waals surface area contributed by atoms with Gasteiger partial charge in [0.1, 0.15) is 5.56 Å². The molecule has 0 radical (unpaired) electrons. The Labute approximate surface area is 160 Å². The molecule has 0 spiro atoms. The minimum absolute atomic E-state index is 0.0293. The number of carbonyl (C=O) groups excluding carboxylic acids is 1. The van der Waals surface area contributed by atoms with Gasteiger partial charge < -0.3 is 10.3 Å². The van der Waals surface area contributed by atoms with Gasteiger partial charge in [0.25, 0.3) is 11.5 Å². The quantitative estimate of drug-likeness (QED) is 0.726. The number of H-pyrrole nitrogens is 1. The first-order chi connectivity index (χ1) is 12.9. The molecule has 0 unspecified atom stereocenters. The van der Waals surface area contributed by atoms with Crippen molar-refractivity contribution in [3.8, 4) is 0 Å². The number of hydrogen-bond acceptors (Lipinski definition) is 3. The molecule has 0 saturated carbocycles. The molecule has 138 valence electrons. The van der Waals surface area contributed by atoms with Gasteiger partial charge in [-0.25, -0.2) is 4.79 Å². The van der Waals surface area contributed by atoms with Crippen molar-refractivity contribution in [3.05, 3.63) is 96.8 Å². The number of aromatic nitrogens is 2. The highest BCUT2D eigenvalue weighted by Gasteiger charge is 2.16. The van der Waals surface area contributed by atoms with Crippen molar-refractivity contribution >= 4 is 23.2 Å². The molecule has 2 N–H and O–H groups in total. The van der Waals surface area contributed by atoms with Crippen LogP contribution in [0.25, 0.3) is 0 Å². The Balaban J connectivity index is 1.96. The third-order valence-electron chi connectivity index (χ3n) is 4.44. The molecule has 27 heavy (non-hydrogen) atoms. The highest BCUT2D eigenvalue weighted by molar-refractivity contribution is 6.31. The van der Waals surface area contributed by atoms with Gasteiger partial charge in [-0.2, -0.15) is 0 Å². The second-order valence-corrected chi connectivity index (χ2v) is 6.60. The lowest BCUT2D eigenvalue weighted by Gasteiger charge is -2.11. The van der Waals surface area contributed by atoms with E-state index in [1.165, 1.54) is 0 Å². The van der Waals surface area contributed by atoms with Crippen molar-refractivity contribution in [1.29, 1.82) is 0 Å². The number of halogens is 1. The van der Waals surface area contributed by atoms with Crippen LogP contribution in [-0.2, 0) is 6.54 Å². The summed E-state index contributed by atoms with van der Waals surface area (Å²) >= 11 is 6.11. The first-order valence-corrected chi connectivity index (χ1v) is 8.70. The first-order valence-electron chi connectivity index (χ1n) is 8.32. The Kier molecular flexibility index (Phi) is 5.28. The predicted molar refractivity (Wildman–Crippen MR) is 106 cm³/mol. The summed E-state index contributed by atoms with van der Waals surface area (Å²) in [5.41, 5.74) is 1.71. The van der Waals surface area contributed by atoms with Crippen molar-refractivity contribution < 1.29 is 4.79 Å². The number of carbonyl (C=O) groups is 1. The Bertz CT molecular complexity index is 1130. The van der Waals surface area contributed by atoms with Gasteiger partial charge in [0, 0.05) is 16.9 Å². The van der Waals surface area contributed by atoms with Crippen molar-refractivity contribution in [2.75, 3.05) is 5.32 Å². The highest BCUT2D eigenvalue weighted by atomic mass is 35.5. The van der Waals surface area contributed by atoms with Crippen molar-refractivity contribution in [2.45, 2.75) is 20.4 Å². The van der Waals surface area contributed by atoms with E-state index in [0.717, 1.165) is 21.9 Å². The SMILES string of the molecule is Cc1cccc(NC(=O)c2c[nH]c(=O)n(Cc3ccccc3Cl)c2=O)c1C. The monoisotopic (exact) mass is 383 g/mol. The van der Waals surface area contributed by atoms with Crippen molar-refractivity contribution in [3.63, 3.8) is 0 Å². The Hall–Kier alpha value is -3.12. The summed E-state index contributed by atoms with van der Waals surface area (Å²) in [6.45, 7) is 3.79. The molecule has 0 aliphatic heterocycles. The molecular weight excluding hydrogens is 366 g/mol. The maximum absolute atomic E-state index is 12.7. The second kappa shape index (κ2) is 7.63. The van der Waals surface area contributed by atoms with Crippen LogP contribution in [0.3, 0.4) is 0 Å². The van der Waals surface area contributed by atoms with Gasteiger partial charge in [-0.15, -0.1) is 0 Å². The fourth-order valence-corrected chi connectivity index (χ4v) is 2.89. The number of benzene rings is 2. The van der Waals surface area contributed by atoms with Gasteiger partial charge in [-0.05, 0) is 42.7 Å². The van der Waals surface area contributed by atoms with E-state index in [1.54, 1.807) is 30.3 Å². The smallest absolute Gasteiger partial charge is 0.322 e. The van der Waals surface area contributed by atoms with Crippen molar-refractivity contribution in [2.24, 2.45) is 0 Å². The van der Waals surface area contributed by atoms with E-state index in [0.29, 0.717) is 16.3 Å². The molecular formula is C20H18ClN3O3. The van der Waals surface area contributed by atoms with E-state index >= 15 is 0 Å². The molecule has 2 aromatic carbocycles. The standard InChI is InChI=1S/C20H18ClN3O3/c1-12-6-5-9-17(13(12)2)23-18(25)15-10-22-20(27)24(19(15)26)11-14-7-3-4-8-16(14)21/h3-10H,11H2,1-2H3,(H,22,27)(H,23,25). The maximum Gasteiger partial charge on any atom is 0.328 e. The number of amides is 1. The van der Waals surface area contributed by atoms with Gasteiger partial charge >= 0.3 is 5.69 Å². The summed E-state index contributed by atoms with van der Waals surface area (Å²) in [4.78, 5) is 39.9. The number of aromatic amines is 1. The topological polar surface area (TPSA) is 84.0 Å². The zero-order chi connectivity index (χ0) is 19.6. The lowest BCUT2D eigenvalue weighted by Crippen LogP contribution is -2.39. The number of nitrogens with one attached hydrogen (secondary N) is 2. The van der Waals surface area contributed by atoms with E-state index in [9.17, 15) is 14.4 Å². The van der Waals surface area contributed by atoms with E-state index < -0.39 is 17.2 Å². The fourth-order valence-electron chi connectivity index (χ4n) is 2.69. The molecule has 0 aliphatic carbocycles. The largest absolute Gasteiger partial charge is 0.328 e. The van der Waals surface area contributed by atoms with Crippen molar-refractivity contribution in [1.82, 2.24) is 9.55 Å². The molecule has 0 fully saturated rings. The van der Waals surface area contributed by atoms with Crippen LogP contribution in [0.1, 0.15) is 27.0 Å². The van der Waals surface area contributed by atoms with Crippen LogP contribution in [-0.4, -0.2) is 15.5 Å². The molecule has 6 nitrogen and oxygen atoms in total. The molecule has 3 aromatic rings. The third-order valence-corrected chi connectivity index (χ3v) is 4.81. The van der Waals surface area contributed by atoms with Gasteiger partial charge in [0.2, 0.25) is 0 Å². The third kappa shape index (κ3) is 3.85. The average Bonchev–Trinajstić information content (AvgIpc) is 2.64. The van der Waals surface area contributed by atoms with Crippen LogP contribution < -0.4 is 16.6 Å². The molecule has 0 saturated heterocycles. The fraction of sp³-hybridized carbons (Fsp3) is 0.150. The van der Waals surface area contributed by atoms with Crippen LogP contribution in [0, 0.1) is 13.8 Å². The summed E-state index contributed by atoms with van der Waals surface area (Å²) < 4.78 is 0.958. The Morgan fingerprint density at radius 1 is 1.11 bits per heavy atom. The van der Waals surface area contributed by atoms with Crippen LogP contribution in [0.15, 0.2) is 58.3 Å². The Morgan fingerprint density at radius 3 is 2.59 bits per heavy atom. The van der Waals surface area contributed by atoms with Crippen LogP contribution in [0.5, 0.6) is 0 Å². The molecule has 7 heteroatoms. The normalized spacial score (nSPS) is 10.6. The van der Waals surface area contributed by atoms with Crippen LogP contribution in [0.4, 0.5) is 5.69 Å². The minimum Gasteiger partial charge on any atom is -0.322 e. The summed E-state index contributed by atoms with van der Waals surface area (Å²) in [7, 11) is 0. The number of hydrogen-bond donors (Lipinski definition) is 2. The van der Waals surface area contributed by atoms with E-state index in [-0.39, 0.29) is 12.1 Å². The zero-order valence-corrected chi connectivity index (χ0v) is 15.6.